The molecule has 1 aliphatic rings. The van der Waals surface area contributed by atoms with Gasteiger partial charge in [-0.2, -0.15) is 0 Å². The van der Waals surface area contributed by atoms with Gasteiger partial charge in [0, 0.05) is 11.7 Å². The van der Waals surface area contributed by atoms with Crippen LogP contribution in [-0.4, -0.2) is 23.1 Å². The van der Waals surface area contributed by atoms with Gasteiger partial charge in [-0.3, -0.25) is 0 Å². The molecule has 108 valence electrons. The number of hydrogen-bond acceptors (Lipinski definition) is 2. The van der Waals surface area contributed by atoms with Crippen LogP contribution in [0.1, 0.15) is 36.5 Å². The number of urea groups is 1. The van der Waals surface area contributed by atoms with E-state index in [1.165, 1.54) is 18.2 Å². The summed E-state index contributed by atoms with van der Waals surface area (Å²) in [7, 11) is 0. The number of benzene rings is 1. The molecule has 0 aromatic heterocycles. The Morgan fingerprint density at radius 3 is 2.65 bits per heavy atom. The summed E-state index contributed by atoms with van der Waals surface area (Å²) in [5, 5.41) is 14.6. The van der Waals surface area contributed by atoms with Gasteiger partial charge in [0.25, 0.3) is 0 Å². The van der Waals surface area contributed by atoms with Crippen molar-refractivity contribution in [2.45, 2.75) is 32.2 Å². The minimum atomic E-state index is -1.09. The maximum Gasteiger partial charge on any atom is 0.337 e. The van der Waals surface area contributed by atoms with Gasteiger partial charge < -0.3 is 15.7 Å². The minimum Gasteiger partial charge on any atom is -0.478 e. The summed E-state index contributed by atoms with van der Waals surface area (Å²) < 4.78 is 0. The van der Waals surface area contributed by atoms with E-state index in [9.17, 15) is 9.59 Å². The third-order valence-electron chi connectivity index (χ3n) is 3.64. The molecule has 3 N–H and O–H groups in total. The molecule has 2 rings (SSSR count). The van der Waals surface area contributed by atoms with Crippen molar-refractivity contribution >= 4 is 29.3 Å². The number of carbonyl (C=O) groups excluding carboxylic acids is 1. The topological polar surface area (TPSA) is 78.4 Å². The van der Waals surface area contributed by atoms with Gasteiger partial charge in [-0.05, 0) is 37.0 Å². The number of carboxylic acids is 1. The number of halogens is 1. The summed E-state index contributed by atoms with van der Waals surface area (Å²) in [6, 6.07) is 4.24. The molecule has 2 amide bonds. The Morgan fingerprint density at radius 2 is 2.10 bits per heavy atom. The lowest BCUT2D eigenvalue weighted by Gasteiger charge is -2.17. The van der Waals surface area contributed by atoms with Crippen LogP contribution in [0.4, 0.5) is 10.5 Å². The molecule has 1 aliphatic carbocycles. The Hall–Kier alpha value is -1.75. The Labute approximate surface area is 122 Å². The van der Waals surface area contributed by atoms with Crippen LogP contribution in [0.3, 0.4) is 0 Å². The quantitative estimate of drug-likeness (QED) is 0.800. The van der Waals surface area contributed by atoms with E-state index in [1.54, 1.807) is 0 Å². The third kappa shape index (κ3) is 3.42. The first-order chi connectivity index (χ1) is 9.47. The molecule has 0 spiro atoms. The average Bonchev–Trinajstić information content (AvgIpc) is 2.74. The Kier molecular flexibility index (Phi) is 4.49. The van der Waals surface area contributed by atoms with Gasteiger partial charge in [0.1, 0.15) is 0 Å². The van der Waals surface area contributed by atoms with Crippen LogP contribution in [0.25, 0.3) is 0 Å². The standard InChI is InChI=1S/C14H17ClN2O3/c1-8-3-2-4-12(8)17-14(20)16-9-5-6-10(13(18)19)11(15)7-9/h5-8,12H,2-4H2,1H3,(H,18,19)(H2,16,17,20). The van der Waals surface area contributed by atoms with Crippen LogP contribution in [0.5, 0.6) is 0 Å². The zero-order chi connectivity index (χ0) is 14.7. The van der Waals surface area contributed by atoms with Gasteiger partial charge in [0.15, 0.2) is 0 Å². The predicted octanol–water partition coefficient (Wildman–Crippen LogP) is 3.35. The minimum absolute atomic E-state index is 0.0158. The summed E-state index contributed by atoms with van der Waals surface area (Å²) in [5.74, 6) is -0.607. The van der Waals surface area contributed by atoms with E-state index in [-0.39, 0.29) is 22.7 Å². The van der Waals surface area contributed by atoms with Crippen molar-refractivity contribution in [3.8, 4) is 0 Å². The third-order valence-corrected chi connectivity index (χ3v) is 3.95. The molecule has 1 fully saturated rings. The van der Waals surface area contributed by atoms with Crippen LogP contribution in [0, 0.1) is 5.92 Å². The summed E-state index contributed by atoms with van der Waals surface area (Å²) in [6.07, 6.45) is 3.25. The molecule has 5 nitrogen and oxygen atoms in total. The highest BCUT2D eigenvalue weighted by molar-refractivity contribution is 6.33. The highest BCUT2D eigenvalue weighted by atomic mass is 35.5. The van der Waals surface area contributed by atoms with Crippen LogP contribution in [-0.2, 0) is 0 Å². The van der Waals surface area contributed by atoms with Crippen molar-refractivity contribution in [1.82, 2.24) is 5.32 Å². The van der Waals surface area contributed by atoms with E-state index < -0.39 is 5.97 Å². The van der Waals surface area contributed by atoms with Gasteiger partial charge in [-0.1, -0.05) is 24.9 Å². The van der Waals surface area contributed by atoms with Crippen LogP contribution in [0.2, 0.25) is 5.02 Å². The molecular formula is C14H17ClN2O3. The summed E-state index contributed by atoms with van der Waals surface area (Å²) in [6.45, 7) is 2.12. The summed E-state index contributed by atoms with van der Waals surface area (Å²) >= 11 is 5.85. The Morgan fingerprint density at radius 1 is 1.35 bits per heavy atom. The first kappa shape index (κ1) is 14.7. The zero-order valence-corrected chi connectivity index (χ0v) is 11.9. The molecule has 0 aliphatic heterocycles. The van der Waals surface area contributed by atoms with Gasteiger partial charge in [0.2, 0.25) is 0 Å². The van der Waals surface area contributed by atoms with Crippen LogP contribution < -0.4 is 10.6 Å². The molecule has 0 saturated heterocycles. The molecule has 6 heteroatoms. The first-order valence-electron chi connectivity index (χ1n) is 6.57. The lowest BCUT2D eigenvalue weighted by Crippen LogP contribution is -2.39. The number of nitrogens with one attached hydrogen (secondary N) is 2. The number of carbonyl (C=O) groups is 2. The fourth-order valence-electron chi connectivity index (χ4n) is 2.46. The first-order valence-corrected chi connectivity index (χ1v) is 6.95. The molecule has 0 radical (unpaired) electrons. The molecule has 20 heavy (non-hydrogen) atoms. The fraction of sp³-hybridized carbons (Fsp3) is 0.429. The average molecular weight is 297 g/mol. The maximum absolute atomic E-state index is 11.9. The SMILES string of the molecule is CC1CCCC1NC(=O)Nc1ccc(C(=O)O)c(Cl)c1. The molecule has 2 unspecified atom stereocenters. The van der Waals surface area contributed by atoms with Crippen molar-refractivity contribution in [2.75, 3.05) is 5.32 Å². The molecule has 1 saturated carbocycles. The zero-order valence-electron chi connectivity index (χ0n) is 11.1. The Bertz CT molecular complexity index is 533. The van der Waals surface area contributed by atoms with Gasteiger partial charge in [0.05, 0.1) is 10.6 Å². The van der Waals surface area contributed by atoms with E-state index >= 15 is 0 Å². The van der Waals surface area contributed by atoms with E-state index in [0.29, 0.717) is 11.6 Å². The Balaban J connectivity index is 1.97. The smallest absolute Gasteiger partial charge is 0.337 e. The largest absolute Gasteiger partial charge is 0.478 e. The lowest BCUT2D eigenvalue weighted by molar-refractivity contribution is 0.0697. The number of carboxylic acid groups (broad SMARTS) is 1. The second-order valence-corrected chi connectivity index (χ2v) is 5.52. The summed E-state index contributed by atoms with van der Waals surface area (Å²) in [4.78, 5) is 22.7. The van der Waals surface area contributed by atoms with Crippen molar-refractivity contribution in [3.63, 3.8) is 0 Å². The van der Waals surface area contributed by atoms with Crippen LogP contribution >= 0.6 is 11.6 Å². The number of aromatic carboxylic acids is 1. The van der Waals surface area contributed by atoms with E-state index in [0.717, 1.165) is 19.3 Å². The monoisotopic (exact) mass is 296 g/mol. The van der Waals surface area contributed by atoms with Crippen molar-refractivity contribution in [3.05, 3.63) is 28.8 Å². The van der Waals surface area contributed by atoms with Crippen LogP contribution in [0.15, 0.2) is 18.2 Å². The number of rotatable bonds is 3. The van der Waals surface area contributed by atoms with E-state index in [1.807, 2.05) is 0 Å². The van der Waals surface area contributed by atoms with Gasteiger partial charge in [-0.15, -0.1) is 0 Å². The highest BCUT2D eigenvalue weighted by Crippen LogP contribution is 2.25. The second kappa shape index (κ2) is 6.13. The number of anilines is 1. The molecule has 1 aromatic rings. The van der Waals surface area contributed by atoms with Gasteiger partial charge in [-0.25, -0.2) is 9.59 Å². The van der Waals surface area contributed by atoms with Crippen molar-refractivity contribution < 1.29 is 14.7 Å². The maximum atomic E-state index is 11.9. The predicted molar refractivity (Wildman–Crippen MR) is 77.4 cm³/mol. The molecular weight excluding hydrogens is 280 g/mol. The molecule has 1 aromatic carbocycles. The highest BCUT2D eigenvalue weighted by Gasteiger charge is 2.24. The second-order valence-electron chi connectivity index (χ2n) is 5.11. The normalized spacial score (nSPS) is 21.5. The molecule has 2 atom stereocenters. The lowest BCUT2D eigenvalue weighted by atomic mass is 10.1. The molecule has 0 bridgehead atoms. The molecule has 0 heterocycles. The number of hydrogen-bond donors (Lipinski definition) is 3. The fourth-order valence-corrected chi connectivity index (χ4v) is 2.72. The number of amides is 2. The summed E-state index contributed by atoms with van der Waals surface area (Å²) in [5.41, 5.74) is 0.491. The van der Waals surface area contributed by atoms with E-state index in [2.05, 4.69) is 17.6 Å². The van der Waals surface area contributed by atoms with Crippen molar-refractivity contribution in [1.29, 1.82) is 0 Å². The van der Waals surface area contributed by atoms with Gasteiger partial charge >= 0.3 is 12.0 Å². The van der Waals surface area contributed by atoms with Crippen molar-refractivity contribution in [2.24, 2.45) is 5.92 Å². The van der Waals surface area contributed by atoms with E-state index in [4.69, 9.17) is 16.7 Å².